The van der Waals surface area contributed by atoms with Gasteiger partial charge in [0.25, 0.3) is 0 Å². The van der Waals surface area contributed by atoms with Crippen LogP contribution in [0.4, 0.5) is 0 Å². The number of fused-ring (bicyclic) bond motifs is 5. The molecule has 3 aliphatic rings. The summed E-state index contributed by atoms with van der Waals surface area (Å²) < 4.78 is 18.0. The number of aromatic hydroxyl groups is 2. The van der Waals surface area contributed by atoms with Crippen molar-refractivity contribution in [2.45, 2.75) is 63.6 Å². The number of phenolic OH excluding ortho intramolecular Hbond substituents is 2. The fraction of sp³-hybridized carbons (Fsp3) is 0.400. The zero-order valence-electron chi connectivity index (χ0n) is 18.8. The van der Waals surface area contributed by atoms with Crippen LogP contribution in [0.1, 0.15) is 55.6 Å². The summed E-state index contributed by atoms with van der Waals surface area (Å²) in [5.74, 6) is -3.43. The van der Waals surface area contributed by atoms with Crippen molar-refractivity contribution < 1.29 is 39.4 Å². The Bertz CT molecular complexity index is 1230. The molecule has 0 saturated carbocycles. The van der Waals surface area contributed by atoms with E-state index >= 15 is 0 Å². The Balaban J connectivity index is 1.74. The minimum Gasteiger partial charge on any atom is -0.508 e. The number of allylic oxidation sites excluding steroid dienone is 1. The minimum atomic E-state index is -2.48. The molecule has 0 amide bonds. The number of hydrogen-bond donors (Lipinski definition) is 4. The lowest BCUT2D eigenvalue weighted by atomic mass is 9.76. The molecular formula is C25H26O8. The third kappa shape index (κ3) is 2.80. The van der Waals surface area contributed by atoms with Crippen LogP contribution >= 0.6 is 0 Å². The van der Waals surface area contributed by atoms with E-state index in [1.807, 2.05) is 19.9 Å². The summed E-state index contributed by atoms with van der Waals surface area (Å²) in [4.78, 5) is 13.7. The molecule has 0 spiro atoms. The molecule has 8 nitrogen and oxygen atoms in total. The summed E-state index contributed by atoms with van der Waals surface area (Å²) in [6, 6.07) is 5.80. The van der Waals surface area contributed by atoms with E-state index in [2.05, 4.69) is 0 Å². The number of aliphatic hydroxyl groups excluding tert-OH is 1. The average Bonchev–Trinajstić information content (AvgIpc) is 2.96. The SMILES string of the molecule is CC(C)=CC[C@]12Oc3cc4c(c(O)c3C(=O)[C@@]1(O)Oc1cc(O)ccc12)C[C@H](O)C(C)(C)O4. The van der Waals surface area contributed by atoms with Gasteiger partial charge in [0.15, 0.2) is 0 Å². The summed E-state index contributed by atoms with van der Waals surface area (Å²) in [7, 11) is 0. The highest BCUT2D eigenvalue weighted by Gasteiger charge is 2.69. The summed E-state index contributed by atoms with van der Waals surface area (Å²) in [6.07, 6.45) is 1.06. The van der Waals surface area contributed by atoms with Crippen LogP contribution in [-0.4, -0.2) is 43.7 Å². The number of ketones is 1. The van der Waals surface area contributed by atoms with Gasteiger partial charge in [-0.25, -0.2) is 0 Å². The first-order valence-electron chi connectivity index (χ1n) is 10.8. The Morgan fingerprint density at radius 3 is 2.52 bits per heavy atom. The van der Waals surface area contributed by atoms with Gasteiger partial charge in [0.2, 0.25) is 11.4 Å². The van der Waals surface area contributed by atoms with Gasteiger partial charge in [0.1, 0.15) is 39.9 Å². The number of hydrogen-bond acceptors (Lipinski definition) is 8. The number of Topliss-reactive ketones (excluding diaryl/α,β-unsaturated/α-hetero) is 1. The van der Waals surface area contributed by atoms with Crippen LogP contribution in [-0.2, 0) is 12.0 Å². The van der Waals surface area contributed by atoms with Crippen LogP contribution in [0.5, 0.6) is 28.7 Å². The minimum absolute atomic E-state index is 0.0415. The van der Waals surface area contributed by atoms with Gasteiger partial charge in [0.05, 0.1) is 6.10 Å². The lowest BCUT2D eigenvalue weighted by Crippen LogP contribution is -2.62. The Morgan fingerprint density at radius 2 is 1.82 bits per heavy atom. The van der Waals surface area contributed by atoms with E-state index in [4.69, 9.17) is 14.2 Å². The van der Waals surface area contributed by atoms with E-state index in [0.717, 1.165) is 5.57 Å². The number of benzene rings is 2. The van der Waals surface area contributed by atoms with E-state index in [1.165, 1.54) is 18.2 Å². The molecule has 2 aromatic rings. The van der Waals surface area contributed by atoms with Gasteiger partial charge in [-0.3, -0.25) is 4.79 Å². The Morgan fingerprint density at radius 1 is 1.09 bits per heavy atom. The van der Waals surface area contributed by atoms with Crippen molar-refractivity contribution in [2.24, 2.45) is 0 Å². The second-order valence-electron chi connectivity index (χ2n) is 9.67. The van der Waals surface area contributed by atoms with Gasteiger partial charge in [-0.15, -0.1) is 0 Å². The first-order valence-corrected chi connectivity index (χ1v) is 10.8. The number of rotatable bonds is 2. The standard InChI is InChI=1S/C25H26O8/c1-12(2)7-8-24-15-6-5-13(26)9-17(15)33-25(24,30)22(29)20-18(32-24)11-16-14(21(20)28)10-19(27)23(3,4)31-16/h5-7,9,11,19,26-28,30H,8,10H2,1-4H3/t19-,24+,25+/m0/s1. The molecule has 0 aliphatic carbocycles. The van der Waals surface area contributed by atoms with Crippen molar-refractivity contribution in [3.8, 4) is 28.7 Å². The van der Waals surface area contributed by atoms with Gasteiger partial charge in [-0.1, -0.05) is 11.6 Å². The van der Waals surface area contributed by atoms with Crippen LogP contribution in [0.25, 0.3) is 0 Å². The molecule has 0 fully saturated rings. The molecule has 3 atom stereocenters. The largest absolute Gasteiger partial charge is 0.508 e. The van der Waals surface area contributed by atoms with Crippen LogP contribution < -0.4 is 14.2 Å². The maximum atomic E-state index is 13.7. The number of aliphatic hydroxyl groups is 2. The third-order valence-electron chi connectivity index (χ3n) is 6.72. The number of carbonyl (C=O) groups excluding carboxylic acids is 1. The summed E-state index contributed by atoms with van der Waals surface area (Å²) in [5.41, 5.74) is -1.21. The van der Waals surface area contributed by atoms with Crippen molar-refractivity contribution in [1.82, 2.24) is 0 Å². The maximum absolute atomic E-state index is 13.7. The molecule has 4 N–H and O–H groups in total. The highest BCUT2D eigenvalue weighted by Crippen LogP contribution is 2.59. The van der Waals surface area contributed by atoms with Crippen molar-refractivity contribution in [1.29, 1.82) is 0 Å². The van der Waals surface area contributed by atoms with E-state index in [-0.39, 0.29) is 41.2 Å². The molecule has 0 bridgehead atoms. The fourth-order valence-corrected chi connectivity index (χ4v) is 4.74. The van der Waals surface area contributed by atoms with E-state index in [0.29, 0.717) is 11.3 Å². The lowest BCUT2D eigenvalue weighted by Gasteiger charge is -2.44. The second-order valence-corrected chi connectivity index (χ2v) is 9.67. The summed E-state index contributed by atoms with van der Waals surface area (Å²) >= 11 is 0. The average molecular weight is 454 g/mol. The van der Waals surface area contributed by atoms with Crippen molar-refractivity contribution >= 4 is 5.78 Å². The summed E-state index contributed by atoms with van der Waals surface area (Å²) in [6.45, 7) is 7.22. The van der Waals surface area contributed by atoms with E-state index < -0.39 is 34.6 Å². The molecular weight excluding hydrogens is 428 g/mol. The molecule has 5 rings (SSSR count). The third-order valence-corrected chi connectivity index (χ3v) is 6.72. The molecule has 174 valence electrons. The van der Waals surface area contributed by atoms with Crippen LogP contribution in [0.3, 0.4) is 0 Å². The van der Waals surface area contributed by atoms with E-state index in [9.17, 15) is 25.2 Å². The topological polar surface area (TPSA) is 126 Å². The Hall–Kier alpha value is -3.23. The number of phenols is 2. The first kappa shape index (κ1) is 21.6. The molecule has 0 unspecified atom stereocenters. The predicted octanol–water partition coefficient (Wildman–Crippen LogP) is 3.08. The Kier molecular flexibility index (Phi) is 4.35. The molecule has 8 heteroatoms. The fourth-order valence-electron chi connectivity index (χ4n) is 4.74. The second kappa shape index (κ2) is 6.65. The van der Waals surface area contributed by atoms with Crippen molar-refractivity contribution in [3.63, 3.8) is 0 Å². The smallest absolute Gasteiger partial charge is 0.318 e. The van der Waals surface area contributed by atoms with Crippen molar-refractivity contribution in [3.05, 3.63) is 52.6 Å². The quantitative estimate of drug-likeness (QED) is 0.510. The molecule has 33 heavy (non-hydrogen) atoms. The molecule has 3 heterocycles. The zero-order chi connectivity index (χ0) is 23.9. The normalized spacial score (nSPS) is 28.3. The molecule has 0 saturated heterocycles. The molecule has 0 aromatic heterocycles. The lowest BCUT2D eigenvalue weighted by molar-refractivity contribution is -0.201. The number of carbonyl (C=O) groups is 1. The van der Waals surface area contributed by atoms with Gasteiger partial charge in [-0.05, 0) is 39.8 Å². The van der Waals surface area contributed by atoms with Gasteiger partial charge >= 0.3 is 5.79 Å². The predicted molar refractivity (Wildman–Crippen MR) is 117 cm³/mol. The van der Waals surface area contributed by atoms with Crippen molar-refractivity contribution in [2.75, 3.05) is 0 Å². The van der Waals surface area contributed by atoms with Crippen LogP contribution in [0.2, 0.25) is 0 Å². The monoisotopic (exact) mass is 454 g/mol. The highest BCUT2D eigenvalue weighted by atomic mass is 16.7. The molecule has 3 aliphatic heterocycles. The molecule has 2 aromatic carbocycles. The molecule has 0 radical (unpaired) electrons. The maximum Gasteiger partial charge on any atom is 0.318 e. The highest BCUT2D eigenvalue weighted by molar-refractivity contribution is 6.09. The Labute approximate surface area is 190 Å². The van der Waals surface area contributed by atoms with Gasteiger partial charge in [0, 0.05) is 36.1 Å². The number of ether oxygens (including phenoxy) is 3. The van der Waals surface area contributed by atoms with Gasteiger partial charge in [-0.2, -0.15) is 0 Å². The van der Waals surface area contributed by atoms with E-state index in [1.54, 1.807) is 19.9 Å². The summed E-state index contributed by atoms with van der Waals surface area (Å²) in [5, 5.41) is 43.1. The van der Waals surface area contributed by atoms with Crippen LogP contribution in [0, 0.1) is 0 Å². The van der Waals surface area contributed by atoms with Gasteiger partial charge < -0.3 is 34.6 Å². The first-order chi connectivity index (χ1) is 15.4. The zero-order valence-corrected chi connectivity index (χ0v) is 18.8. The van der Waals surface area contributed by atoms with Crippen LogP contribution in [0.15, 0.2) is 35.9 Å².